The van der Waals surface area contributed by atoms with Crippen LogP contribution in [0, 0.1) is 0 Å². The molecule has 0 aliphatic carbocycles. The van der Waals surface area contributed by atoms with Crippen LogP contribution in [0.15, 0.2) is 0 Å². The van der Waals surface area contributed by atoms with Crippen LogP contribution in [0.3, 0.4) is 0 Å². The Balaban J connectivity index is 2.47. The largest absolute Gasteiger partial charge is 0.345 e. The Kier molecular flexibility index (Phi) is 3.22. The molecule has 1 heterocycles. The van der Waals surface area contributed by atoms with Crippen LogP contribution in [-0.2, 0) is 9.59 Å². The number of likely N-dealkylation sites (N-methyl/N-ethyl adjacent to an activating group) is 1. The summed E-state index contributed by atoms with van der Waals surface area (Å²) >= 11 is 0. The normalized spacial score (nSPS) is 20.8. The lowest BCUT2D eigenvalue weighted by Crippen LogP contribution is -2.35. The van der Waals surface area contributed by atoms with Crippen LogP contribution in [0.4, 0.5) is 0 Å². The Hall–Kier alpha value is -0.900. The molecule has 4 nitrogen and oxygen atoms in total. The molecule has 1 aliphatic rings. The van der Waals surface area contributed by atoms with E-state index < -0.39 is 0 Å². The first-order chi connectivity index (χ1) is 5.74. The molecule has 0 aromatic heterocycles. The number of aldehydes is 1. The van der Waals surface area contributed by atoms with Crippen LogP contribution in [0.5, 0.6) is 0 Å². The van der Waals surface area contributed by atoms with Crippen LogP contribution in [0.1, 0.15) is 6.42 Å². The summed E-state index contributed by atoms with van der Waals surface area (Å²) in [5.74, 6) is 0.106. The molecule has 0 aromatic rings. The highest BCUT2D eigenvalue weighted by Gasteiger charge is 2.17. The van der Waals surface area contributed by atoms with Gasteiger partial charge in [-0.2, -0.15) is 0 Å². The molecule has 0 N–H and O–H groups in total. The molecule has 0 radical (unpaired) electrons. The fourth-order valence-electron chi connectivity index (χ4n) is 1.31. The highest BCUT2D eigenvalue weighted by atomic mass is 16.2. The summed E-state index contributed by atoms with van der Waals surface area (Å²) in [6, 6.07) is 0. The van der Waals surface area contributed by atoms with Crippen molar-refractivity contribution in [3.05, 3.63) is 0 Å². The molecular formula is C8H14N2O2. The summed E-state index contributed by atoms with van der Waals surface area (Å²) in [6.07, 6.45) is 1.80. The van der Waals surface area contributed by atoms with Crippen molar-refractivity contribution in [1.29, 1.82) is 0 Å². The molecule has 1 amide bonds. The van der Waals surface area contributed by atoms with Crippen molar-refractivity contribution in [2.75, 3.05) is 33.2 Å². The van der Waals surface area contributed by atoms with Crippen LogP contribution in [-0.4, -0.2) is 55.2 Å². The third-order valence-electron chi connectivity index (χ3n) is 2.09. The Morgan fingerprint density at radius 2 is 2.25 bits per heavy atom. The second kappa shape index (κ2) is 4.21. The Labute approximate surface area is 72.1 Å². The van der Waals surface area contributed by atoms with Crippen LogP contribution >= 0.6 is 0 Å². The average Bonchev–Trinajstić information content (AvgIpc) is 2.16. The van der Waals surface area contributed by atoms with E-state index in [-0.39, 0.29) is 5.91 Å². The molecule has 0 bridgehead atoms. The Morgan fingerprint density at radius 1 is 1.50 bits per heavy atom. The van der Waals surface area contributed by atoms with E-state index in [2.05, 4.69) is 0 Å². The van der Waals surface area contributed by atoms with Gasteiger partial charge in [-0.25, -0.2) is 0 Å². The molecule has 1 aliphatic heterocycles. The second-order valence-corrected chi connectivity index (χ2v) is 3.07. The van der Waals surface area contributed by atoms with Crippen molar-refractivity contribution in [2.45, 2.75) is 6.42 Å². The third kappa shape index (κ3) is 2.30. The van der Waals surface area contributed by atoms with Crippen LogP contribution in [0.2, 0.25) is 0 Å². The lowest BCUT2D eigenvalue weighted by molar-refractivity contribution is -0.130. The lowest BCUT2D eigenvalue weighted by atomic mass is 10.4. The number of hydrogen-bond donors (Lipinski definition) is 0. The van der Waals surface area contributed by atoms with Gasteiger partial charge in [0.2, 0.25) is 5.91 Å². The van der Waals surface area contributed by atoms with Crippen molar-refractivity contribution in [3.63, 3.8) is 0 Å². The minimum absolute atomic E-state index is 0.106. The first-order valence-electron chi connectivity index (χ1n) is 4.14. The highest BCUT2D eigenvalue weighted by Crippen LogP contribution is 2.00. The van der Waals surface area contributed by atoms with Gasteiger partial charge >= 0.3 is 0 Å². The molecule has 0 atom stereocenters. The zero-order valence-corrected chi connectivity index (χ0v) is 7.32. The van der Waals surface area contributed by atoms with Gasteiger partial charge in [-0.05, 0) is 6.42 Å². The van der Waals surface area contributed by atoms with Gasteiger partial charge in [0.1, 0.15) is 6.29 Å². The highest BCUT2D eigenvalue weighted by molar-refractivity contribution is 5.78. The monoisotopic (exact) mass is 170 g/mol. The van der Waals surface area contributed by atoms with E-state index in [1.54, 1.807) is 11.9 Å². The van der Waals surface area contributed by atoms with Crippen LogP contribution in [0.25, 0.3) is 0 Å². The molecule has 1 fully saturated rings. The van der Waals surface area contributed by atoms with E-state index >= 15 is 0 Å². The number of carbonyl (C=O) groups excluding carboxylic acids is 2. The van der Waals surface area contributed by atoms with Crippen molar-refractivity contribution >= 4 is 12.2 Å². The minimum Gasteiger partial charge on any atom is -0.345 e. The van der Waals surface area contributed by atoms with Crippen molar-refractivity contribution in [2.24, 2.45) is 0 Å². The second-order valence-electron chi connectivity index (χ2n) is 3.07. The van der Waals surface area contributed by atoms with E-state index in [4.69, 9.17) is 0 Å². The molecule has 0 saturated carbocycles. The summed E-state index contributed by atoms with van der Waals surface area (Å²) in [6.45, 7) is 2.40. The molecular weight excluding hydrogens is 156 g/mol. The zero-order chi connectivity index (χ0) is 8.97. The van der Waals surface area contributed by atoms with E-state index in [1.165, 1.54) is 0 Å². The molecule has 1 saturated heterocycles. The summed E-state index contributed by atoms with van der Waals surface area (Å²) in [5, 5.41) is 0. The Bertz CT molecular complexity index is 182. The van der Waals surface area contributed by atoms with Gasteiger partial charge in [0.25, 0.3) is 0 Å². The standard InChI is InChI=1S/C8H14N2O2/c1-9-3-2-4-10(5-6-11)7-8(9)12/h6H,2-5,7H2,1H3. The Morgan fingerprint density at radius 3 is 2.92 bits per heavy atom. The average molecular weight is 170 g/mol. The summed E-state index contributed by atoms with van der Waals surface area (Å²) < 4.78 is 0. The van der Waals surface area contributed by atoms with Gasteiger partial charge in [0, 0.05) is 20.1 Å². The maximum Gasteiger partial charge on any atom is 0.236 e. The van der Waals surface area contributed by atoms with Gasteiger partial charge in [-0.1, -0.05) is 0 Å². The molecule has 0 spiro atoms. The smallest absolute Gasteiger partial charge is 0.236 e. The number of amides is 1. The van der Waals surface area contributed by atoms with Crippen molar-refractivity contribution < 1.29 is 9.59 Å². The van der Waals surface area contributed by atoms with Crippen molar-refractivity contribution in [3.8, 4) is 0 Å². The predicted octanol–water partition coefficient (Wildman–Crippen LogP) is -0.651. The lowest BCUT2D eigenvalue weighted by Gasteiger charge is -2.15. The first kappa shape index (κ1) is 9.19. The van der Waals surface area contributed by atoms with Crippen LogP contribution < -0.4 is 0 Å². The van der Waals surface area contributed by atoms with Gasteiger partial charge in [0.15, 0.2) is 0 Å². The van der Waals surface area contributed by atoms with Gasteiger partial charge < -0.3 is 9.69 Å². The third-order valence-corrected chi connectivity index (χ3v) is 2.09. The predicted molar refractivity (Wildman–Crippen MR) is 44.8 cm³/mol. The number of hydrogen-bond acceptors (Lipinski definition) is 3. The number of nitrogens with zero attached hydrogens (tertiary/aromatic N) is 2. The fraction of sp³-hybridized carbons (Fsp3) is 0.750. The summed E-state index contributed by atoms with van der Waals surface area (Å²) in [7, 11) is 1.80. The first-order valence-corrected chi connectivity index (χ1v) is 4.14. The molecule has 68 valence electrons. The SMILES string of the molecule is CN1CCCN(CC=O)CC1=O. The fourth-order valence-corrected chi connectivity index (χ4v) is 1.31. The topological polar surface area (TPSA) is 40.6 Å². The van der Waals surface area contributed by atoms with Gasteiger partial charge in [-0.15, -0.1) is 0 Å². The quantitative estimate of drug-likeness (QED) is 0.517. The summed E-state index contributed by atoms with van der Waals surface area (Å²) in [5.41, 5.74) is 0. The van der Waals surface area contributed by atoms with E-state index in [9.17, 15) is 9.59 Å². The van der Waals surface area contributed by atoms with E-state index in [0.717, 1.165) is 25.8 Å². The molecule has 12 heavy (non-hydrogen) atoms. The summed E-state index contributed by atoms with van der Waals surface area (Å²) in [4.78, 5) is 25.1. The number of rotatable bonds is 2. The molecule has 0 aromatic carbocycles. The maximum absolute atomic E-state index is 11.3. The van der Waals surface area contributed by atoms with Crippen molar-refractivity contribution in [1.82, 2.24) is 9.80 Å². The molecule has 4 heteroatoms. The van der Waals surface area contributed by atoms with Gasteiger partial charge in [-0.3, -0.25) is 9.69 Å². The maximum atomic E-state index is 11.3. The number of carbonyl (C=O) groups is 2. The molecule has 1 rings (SSSR count). The van der Waals surface area contributed by atoms with Gasteiger partial charge in [0.05, 0.1) is 13.1 Å². The van der Waals surface area contributed by atoms with E-state index in [0.29, 0.717) is 13.1 Å². The molecule has 0 unspecified atom stereocenters. The van der Waals surface area contributed by atoms with E-state index in [1.807, 2.05) is 4.90 Å². The minimum atomic E-state index is 0.106. The zero-order valence-electron chi connectivity index (χ0n) is 7.32.